The van der Waals surface area contributed by atoms with Gasteiger partial charge in [0.2, 0.25) is 5.91 Å². The third kappa shape index (κ3) is 3.43. The van der Waals surface area contributed by atoms with Gasteiger partial charge < -0.3 is 19.6 Å². The number of morpholine rings is 1. The van der Waals surface area contributed by atoms with Gasteiger partial charge in [0.25, 0.3) is 0 Å². The lowest BCUT2D eigenvalue weighted by Gasteiger charge is -2.33. The van der Waals surface area contributed by atoms with Crippen molar-refractivity contribution in [2.75, 3.05) is 19.8 Å². The molecule has 1 unspecified atom stereocenters. The SMILES string of the molecule is O=C(O)c1coc(CN2CCOCC2C(=O)NC2CC2)c1. The number of ether oxygens (including phenoxy) is 1. The second kappa shape index (κ2) is 5.87. The second-order valence-corrected chi connectivity index (χ2v) is 5.45. The van der Waals surface area contributed by atoms with Crippen molar-refractivity contribution in [2.24, 2.45) is 0 Å². The van der Waals surface area contributed by atoms with Crippen molar-refractivity contribution in [3.8, 4) is 0 Å². The number of carboxylic acids is 1. The lowest BCUT2D eigenvalue weighted by molar-refractivity contribution is -0.133. The van der Waals surface area contributed by atoms with Gasteiger partial charge in [0, 0.05) is 12.6 Å². The molecule has 1 saturated carbocycles. The molecule has 0 bridgehead atoms. The molecule has 0 radical (unpaired) electrons. The fraction of sp³-hybridized carbons (Fsp3) is 0.571. The van der Waals surface area contributed by atoms with Crippen LogP contribution in [0.1, 0.15) is 29.0 Å². The number of aromatic carboxylic acids is 1. The van der Waals surface area contributed by atoms with E-state index >= 15 is 0 Å². The minimum atomic E-state index is -1.02. The second-order valence-electron chi connectivity index (χ2n) is 5.45. The zero-order valence-electron chi connectivity index (χ0n) is 11.6. The first-order chi connectivity index (χ1) is 10.1. The van der Waals surface area contributed by atoms with Crippen LogP contribution in [0.5, 0.6) is 0 Å². The van der Waals surface area contributed by atoms with Crippen molar-refractivity contribution in [2.45, 2.75) is 31.5 Å². The molecule has 1 aliphatic heterocycles. The van der Waals surface area contributed by atoms with Crippen LogP contribution in [-0.4, -0.2) is 53.7 Å². The molecule has 7 nitrogen and oxygen atoms in total. The van der Waals surface area contributed by atoms with Gasteiger partial charge in [0.1, 0.15) is 18.1 Å². The molecule has 2 heterocycles. The first kappa shape index (κ1) is 14.1. The standard InChI is InChI=1S/C14H18N2O5/c17-13(15-10-1-2-10)12-8-20-4-3-16(12)6-11-5-9(7-21-11)14(18)19/h5,7,10,12H,1-4,6,8H2,(H,15,17)(H,18,19). The first-order valence-corrected chi connectivity index (χ1v) is 7.06. The van der Waals surface area contributed by atoms with Gasteiger partial charge in [0.15, 0.2) is 0 Å². The molecular weight excluding hydrogens is 276 g/mol. The van der Waals surface area contributed by atoms with E-state index in [1.807, 2.05) is 4.90 Å². The van der Waals surface area contributed by atoms with Gasteiger partial charge in [-0.3, -0.25) is 9.69 Å². The molecule has 1 saturated heterocycles. The van der Waals surface area contributed by atoms with Crippen molar-refractivity contribution in [1.82, 2.24) is 10.2 Å². The minimum absolute atomic E-state index is 0.0257. The number of hydrogen-bond acceptors (Lipinski definition) is 5. The Morgan fingerprint density at radius 2 is 2.24 bits per heavy atom. The van der Waals surface area contributed by atoms with Gasteiger partial charge in [-0.1, -0.05) is 0 Å². The summed E-state index contributed by atoms with van der Waals surface area (Å²) in [5.41, 5.74) is 0.122. The van der Waals surface area contributed by atoms with Gasteiger partial charge in [-0.25, -0.2) is 4.79 Å². The first-order valence-electron chi connectivity index (χ1n) is 7.06. The summed E-state index contributed by atoms with van der Waals surface area (Å²) < 4.78 is 10.6. The Hall–Kier alpha value is -1.86. The number of carbonyl (C=O) groups is 2. The van der Waals surface area contributed by atoms with Gasteiger partial charge in [-0.2, -0.15) is 0 Å². The Morgan fingerprint density at radius 3 is 2.90 bits per heavy atom. The van der Waals surface area contributed by atoms with Crippen LogP contribution in [0.15, 0.2) is 16.7 Å². The van der Waals surface area contributed by atoms with Crippen molar-refractivity contribution in [3.63, 3.8) is 0 Å². The van der Waals surface area contributed by atoms with E-state index in [0.29, 0.717) is 38.1 Å². The summed E-state index contributed by atoms with van der Waals surface area (Å²) in [6.07, 6.45) is 3.30. The molecule has 1 amide bonds. The molecule has 3 rings (SSSR count). The van der Waals surface area contributed by atoms with Crippen LogP contribution >= 0.6 is 0 Å². The smallest absolute Gasteiger partial charge is 0.338 e. The summed E-state index contributed by atoms with van der Waals surface area (Å²) in [4.78, 5) is 25.0. The molecule has 2 fully saturated rings. The van der Waals surface area contributed by atoms with E-state index < -0.39 is 5.97 Å². The molecule has 1 aromatic heterocycles. The van der Waals surface area contributed by atoms with Crippen molar-refractivity contribution in [3.05, 3.63) is 23.7 Å². The molecule has 7 heteroatoms. The average molecular weight is 294 g/mol. The van der Waals surface area contributed by atoms with Crippen molar-refractivity contribution < 1.29 is 23.8 Å². The Labute approximate surface area is 121 Å². The molecule has 2 N–H and O–H groups in total. The van der Waals surface area contributed by atoms with Crippen LogP contribution in [0.4, 0.5) is 0 Å². The zero-order chi connectivity index (χ0) is 14.8. The minimum Gasteiger partial charge on any atom is -0.478 e. The molecular formula is C14H18N2O5. The maximum atomic E-state index is 12.2. The zero-order valence-corrected chi connectivity index (χ0v) is 11.6. The average Bonchev–Trinajstić information content (AvgIpc) is 3.14. The van der Waals surface area contributed by atoms with Crippen LogP contribution in [-0.2, 0) is 16.1 Å². The van der Waals surface area contributed by atoms with E-state index in [0.717, 1.165) is 12.8 Å². The van der Waals surface area contributed by atoms with Gasteiger partial charge in [-0.15, -0.1) is 0 Å². The largest absolute Gasteiger partial charge is 0.478 e. The quantitative estimate of drug-likeness (QED) is 0.819. The predicted octanol–water partition coefficient (Wildman–Crippen LogP) is 0.457. The van der Waals surface area contributed by atoms with Crippen molar-refractivity contribution in [1.29, 1.82) is 0 Å². The van der Waals surface area contributed by atoms with E-state index in [9.17, 15) is 9.59 Å². The van der Waals surface area contributed by atoms with Crippen LogP contribution < -0.4 is 5.32 Å². The Morgan fingerprint density at radius 1 is 1.43 bits per heavy atom. The Balaban J connectivity index is 1.65. The van der Waals surface area contributed by atoms with E-state index in [1.165, 1.54) is 12.3 Å². The maximum Gasteiger partial charge on any atom is 0.338 e. The summed E-state index contributed by atoms with van der Waals surface area (Å²) in [6, 6.07) is 1.45. The fourth-order valence-corrected chi connectivity index (χ4v) is 2.37. The van der Waals surface area contributed by atoms with Crippen LogP contribution in [0.2, 0.25) is 0 Å². The number of nitrogens with one attached hydrogen (secondary N) is 1. The fourth-order valence-electron chi connectivity index (χ4n) is 2.37. The summed E-state index contributed by atoms with van der Waals surface area (Å²) in [5.74, 6) is -0.504. The maximum absolute atomic E-state index is 12.2. The summed E-state index contributed by atoms with van der Waals surface area (Å²) in [7, 11) is 0. The number of nitrogens with zero attached hydrogens (tertiary/aromatic N) is 1. The highest BCUT2D eigenvalue weighted by Crippen LogP contribution is 2.20. The molecule has 1 atom stereocenters. The predicted molar refractivity (Wildman–Crippen MR) is 71.8 cm³/mol. The molecule has 2 aliphatic rings. The number of rotatable bonds is 5. The molecule has 0 spiro atoms. The monoisotopic (exact) mass is 294 g/mol. The van der Waals surface area contributed by atoms with Crippen LogP contribution in [0.25, 0.3) is 0 Å². The van der Waals surface area contributed by atoms with Gasteiger partial charge in [-0.05, 0) is 18.9 Å². The lowest BCUT2D eigenvalue weighted by atomic mass is 10.2. The summed E-state index contributed by atoms with van der Waals surface area (Å²) in [5, 5.41) is 11.9. The Kier molecular flexibility index (Phi) is 3.94. The lowest BCUT2D eigenvalue weighted by Crippen LogP contribution is -2.53. The number of carbonyl (C=O) groups excluding carboxylic acids is 1. The molecule has 0 aromatic carbocycles. The van der Waals surface area contributed by atoms with E-state index in [2.05, 4.69) is 5.32 Å². The third-order valence-corrected chi connectivity index (χ3v) is 3.73. The van der Waals surface area contributed by atoms with Gasteiger partial charge in [0.05, 0.1) is 25.3 Å². The molecule has 1 aliphatic carbocycles. The third-order valence-electron chi connectivity index (χ3n) is 3.73. The highest BCUT2D eigenvalue weighted by atomic mass is 16.5. The van der Waals surface area contributed by atoms with E-state index in [4.69, 9.17) is 14.3 Å². The Bertz CT molecular complexity index is 537. The number of hydrogen-bond donors (Lipinski definition) is 2. The number of furan rings is 1. The van der Waals surface area contributed by atoms with Gasteiger partial charge >= 0.3 is 5.97 Å². The normalized spacial score (nSPS) is 23.0. The topological polar surface area (TPSA) is 92.0 Å². The van der Waals surface area contributed by atoms with Crippen LogP contribution in [0, 0.1) is 0 Å². The highest BCUT2D eigenvalue weighted by Gasteiger charge is 2.33. The molecule has 21 heavy (non-hydrogen) atoms. The summed E-state index contributed by atoms with van der Waals surface area (Å²) in [6.45, 7) is 1.93. The highest BCUT2D eigenvalue weighted by molar-refractivity contribution is 5.87. The van der Waals surface area contributed by atoms with Crippen molar-refractivity contribution >= 4 is 11.9 Å². The molecule has 1 aromatic rings. The summed E-state index contributed by atoms with van der Waals surface area (Å²) >= 11 is 0. The van der Waals surface area contributed by atoms with Crippen LogP contribution in [0.3, 0.4) is 0 Å². The number of amides is 1. The molecule has 114 valence electrons. The van der Waals surface area contributed by atoms with E-state index in [1.54, 1.807) is 0 Å². The number of carboxylic acid groups (broad SMARTS) is 1. The van der Waals surface area contributed by atoms with E-state index in [-0.39, 0.29) is 17.5 Å².